The number of benzene rings is 2. The van der Waals surface area contributed by atoms with Crippen LogP contribution in [0.2, 0.25) is 0 Å². The average molecular weight is 290 g/mol. The van der Waals surface area contributed by atoms with Crippen molar-refractivity contribution in [3.8, 4) is 5.75 Å². The Balaban J connectivity index is 1.78. The molecule has 22 heavy (non-hydrogen) atoms. The summed E-state index contributed by atoms with van der Waals surface area (Å²) in [5, 5.41) is 3.36. The minimum Gasteiger partial charge on any atom is -0.487 e. The van der Waals surface area contributed by atoms with E-state index < -0.39 is 0 Å². The van der Waals surface area contributed by atoms with Crippen LogP contribution in [0, 0.1) is 6.92 Å². The van der Waals surface area contributed by atoms with Crippen molar-refractivity contribution in [2.75, 3.05) is 5.32 Å². The van der Waals surface area contributed by atoms with Crippen LogP contribution in [0.25, 0.3) is 0 Å². The van der Waals surface area contributed by atoms with Gasteiger partial charge in [-0.1, -0.05) is 36.4 Å². The molecular weight excluding hydrogens is 272 g/mol. The zero-order chi connectivity index (χ0) is 15.2. The lowest BCUT2D eigenvalue weighted by atomic mass is 10.2. The van der Waals surface area contributed by atoms with E-state index in [1.807, 2.05) is 36.4 Å². The van der Waals surface area contributed by atoms with E-state index in [1.165, 1.54) is 5.56 Å². The summed E-state index contributed by atoms with van der Waals surface area (Å²) < 4.78 is 5.97. The topological polar surface area (TPSA) is 34.1 Å². The van der Waals surface area contributed by atoms with Crippen molar-refractivity contribution < 1.29 is 4.74 Å². The summed E-state index contributed by atoms with van der Waals surface area (Å²) >= 11 is 0. The first-order valence-corrected chi connectivity index (χ1v) is 7.26. The molecule has 0 bridgehead atoms. The van der Waals surface area contributed by atoms with Crippen molar-refractivity contribution in [2.24, 2.45) is 0 Å². The fourth-order valence-electron chi connectivity index (χ4n) is 2.19. The van der Waals surface area contributed by atoms with E-state index >= 15 is 0 Å². The normalized spacial score (nSPS) is 10.2. The summed E-state index contributed by atoms with van der Waals surface area (Å²) in [4.78, 5) is 4.12. The van der Waals surface area contributed by atoms with E-state index in [1.54, 1.807) is 12.4 Å². The largest absolute Gasteiger partial charge is 0.487 e. The third-order valence-corrected chi connectivity index (χ3v) is 3.31. The third kappa shape index (κ3) is 3.64. The molecule has 0 fully saturated rings. The number of aryl methyl sites for hydroxylation is 1. The molecule has 3 heteroatoms. The molecule has 0 radical (unpaired) electrons. The zero-order valence-electron chi connectivity index (χ0n) is 12.5. The van der Waals surface area contributed by atoms with E-state index in [4.69, 9.17) is 4.74 Å². The molecule has 3 rings (SSSR count). The number of pyridine rings is 1. The summed E-state index contributed by atoms with van der Waals surface area (Å²) in [5.41, 5.74) is 4.22. The predicted molar refractivity (Wildman–Crippen MR) is 89.5 cm³/mol. The molecule has 3 nitrogen and oxygen atoms in total. The van der Waals surface area contributed by atoms with Crippen LogP contribution in [-0.4, -0.2) is 4.98 Å². The monoisotopic (exact) mass is 290 g/mol. The lowest BCUT2D eigenvalue weighted by Gasteiger charge is -2.14. The van der Waals surface area contributed by atoms with Crippen molar-refractivity contribution in [1.29, 1.82) is 0 Å². The lowest BCUT2D eigenvalue weighted by molar-refractivity contribution is 0.308. The average Bonchev–Trinajstić information content (AvgIpc) is 2.56. The van der Waals surface area contributed by atoms with E-state index in [-0.39, 0.29) is 0 Å². The number of nitrogens with zero attached hydrogens (tertiary/aromatic N) is 1. The summed E-state index contributed by atoms with van der Waals surface area (Å²) in [5.74, 6) is 0.832. The van der Waals surface area contributed by atoms with Gasteiger partial charge in [0.2, 0.25) is 0 Å². The fourth-order valence-corrected chi connectivity index (χ4v) is 2.19. The third-order valence-electron chi connectivity index (χ3n) is 3.31. The minimum atomic E-state index is 0.547. The molecule has 0 atom stereocenters. The Labute approximate surface area is 130 Å². The van der Waals surface area contributed by atoms with Crippen molar-refractivity contribution in [2.45, 2.75) is 13.5 Å². The number of nitrogens with one attached hydrogen (secondary N) is 1. The second kappa shape index (κ2) is 6.76. The van der Waals surface area contributed by atoms with Crippen LogP contribution in [0.5, 0.6) is 5.75 Å². The van der Waals surface area contributed by atoms with Crippen LogP contribution in [-0.2, 0) is 6.61 Å². The Bertz CT molecular complexity index is 727. The molecular formula is C19H18N2O. The standard InChI is InChI=1S/C19H18N2O/c1-15-9-10-19(22-14-16-6-3-2-4-7-16)18(12-15)21-17-8-5-11-20-13-17/h2-13,21H,14H2,1H3. The van der Waals surface area contributed by atoms with Crippen LogP contribution in [0.1, 0.15) is 11.1 Å². The number of hydrogen-bond acceptors (Lipinski definition) is 3. The summed E-state index contributed by atoms with van der Waals surface area (Å²) in [6.45, 7) is 2.61. The quantitative estimate of drug-likeness (QED) is 0.738. The fraction of sp³-hybridized carbons (Fsp3) is 0.105. The first-order valence-electron chi connectivity index (χ1n) is 7.26. The number of aromatic nitrogens is 1. The van der Waals surface area contributed by atoms with E-state index in [9.17, 15) is 0 Å². The summed E-state index contributed by atoms with van der Waals surface area (Å²) in [7, 11) is 0. The van der Waals surface area contributed by atoms with Crippen molar-refractivity contribution >= 4 is 11.4 Å². The van der Waals surface area contributed by atoms with E-state index in [0.29, 0.717) is 6.61 Å². The SMILES string of the molecule is Cc1ccc(OCc2ccccc2)c(Nc2cccnc2)c1. The van der Waals surface area contributed by atoms with Crippen molar-refractivity contribution in [1.82, 2.24) is 4.98 Å². The number of hydrogen-bond donors (Lipinski definition) is 1. The van der Waals surface area contributed by atoms with Gasteiger partial charge in [-0.2, -0.15) is 0 Å². The van der Waals surface area contributed by atoms with Gasteiger partial charge in [0.05, 0.1) is 17.6 Å². The Morgan fingerprint density at radius 3 is 2.64 bits per heavy atom. The van der Waals surface area contributed by atoms with E-state index in [0.717, 1.165) is 22.7 Å². The van der Waals surface area contributed by atoms with Gasteiger partial charge < -0.3 is 10.1 Å². The summed E-state index contributed by atoms with van der Waals surface area (Å²) in [6, 6.07) is 20.2. The Morgan fingerprint density at radius 1 is 1.00 bits per heavy atom. The van der Waals surface area contributed by atoms with Crippen LogP contribution < -0.4 is 10.1 Å². The van der Waals surface area contributed by atoms with Gasteiger partial charge in [-0.05, 0) is 42.3 Å². The summed E-state index contributed by atoms with van der Waals surface area (Å²) in [6.07, 6.45) is 3.55. The van der Waals surface area contributed by atoms with Crippen molar-refractivity contribution in [3.05, 3.63) is 84.2 Å². The van der Waals surface area contributed by atoms with Crippen LogP contribution >= 0.6 is 0 Å². The molecule has 0 amide bonds. The maximum absolute atomic E-state index is 5.97. The second-order valence-corrected chi connectivity index (χ2v) is 5.14. The molecule has 3 aromatic rings. The number of rotatable bonds is 5. The molecule has 1 N–H and O–H groups in total. The van der Waals surface area contributed by atoms with Crippen LogP contribution in [0.4, 0.5) is 11.4 Å². The molecule has 1 aromatic heterocycles. The van der Waals surface area contributed by atoms with Gasteiger partial charge in [-0.25, -0.2) is 0 Å². The number of anilines is 2. The molecule has 0 saturated carbocycles. The van der Waals surface area contributed by atoms with Crippen LogP contribution in [0.3, 0.4) is 0 Å². The van der Waals surface area contributed by atoms with Crippen molar-refractivity contribution in [3.63, 3.8) is 0 Å². The van der Waals surface area contributed by atoms with Gasteiger partial charge in [0.1, 0.15) is 12.4 Å². The molecule has 0 aliphatic rings. The van der Waals surface area contributed by atoms with Gasteiger partial charge in [0.15, 0.2) is 0 Å². The molecule has 0 unspecified atom stereocenters. The Morgan fingerprint density at radius 2 is 1.86 bits per heavy atom. The molecule has 0 aliphatic carbocycles. The van der Waals surface area contributed by atoms with Crippen LogP contribution in [0.15, 0.2) is 73.1 Å². The molecule has 0 spiro atoms. The smallest absolute Gasteiger partial charge is 0.143 e. The maximum Gasteiger partial charge on any atom is 0.143 e. The Hall–Kier alpha value is -2.81. The molecule has 0 aliphatic heterocycles. The number of ether oxygens (including phenoxy) is 1. The van der Waals surface area contributed by atoms with Gasteiger partial charge in [0.25, 0.3) is 0 Å². The molecule has 1 heterocycles. The highest BCUT2D eigenvalue weighted by molar-refractivity contribution is 5.66. The maximum atomic E-state index is 5.97. The highest BCUT2D eigenvalue weighted by Gasteiger charge is 2.05. The highest BCUT2D eigenvalue weighted by atomic mass is 16.5. The lowest BCUT2D eigenvalue weighted by Crippen LogP contribution is -2.00. The molecule has 2 aromatic carbocycles. The second-order valence-electron chi connectivity index (χ2n) is 5.14. The van der Waals surface area contributed by atoms with Gasteiger partial charge in [0, 0.05) is 6.20 Å². The first-order chi connectivity index (χ1) is 10.8. The van der Waals surface area contributed by atoms with Gasteiger partial charge in [-0.15, -0.1) is 0 Å². The van der Waals surface area contributed by atoms with Gasteiger partial charge >= 0.3 is 0 Å². The van der Waals surface area contributed by atoms with E-state index in [2.05, 4.69) is 41.5 Å². The molecule has 0 saturated heterocycles. The zero-order valence-corrected chi connectivity index (χ0v) is 12.5. The predicted octanol–water partition coefficient (Wildman–Crippen LogP) is 4.71. The Kier molecular flexibility index (Phi) is 4.35. The minimum absolute atomic E-state index is 0.547. The molecule has 110 valence electrons. The highest BCUT2D eigenvalue weighted by Crippen LogP contribution is 2.29. The van der Waals surface area contributed by atoms with Gasteiger partial charge in [-0.3, -0.25) is 4.98 Å². The first kappa shape index (κ1) is 14.1.